The SMILES string of the molecule is C=C(NC(=C)c1cc2c(n1C)CC(C)C1CC21)Nc1cccc(Oc2ccccc2)c1. The second kappa shape index (κ2) is 7.69. The van der Waals surface area contributed by atoms with E-state index in [1.165, 1.54) is 17.7 Å². The van der Waals surface area contributed by atoms with Gasteiger partial charge in [0.1, 0.15) is 17.3 Å². The van der Waals surface area contributed by atoms with Crippen LogP contribution in [-0.2, 0) is 13.5 Å². The molecule has 3 unspecified atom stereocenters. The molecule has 31 heavy (non-hydrogen) atoms. The number of anilines is 1. The van der Waals surface area contributed by atoms with Crippen molar-refractivity contribution in [2.24, 2.45) is 18.9 Å². The van der Waals surface area contributed by atoms with Crippen molar-refractivity contribution >= 4 is 11.4 Å². The van der Waals surface area contributed by atoms with E-state index in [1.54, 1.807) is 0 Å². The van der Waals surface area contributed by atoms with E-state index in [1.807, 2.05) is 54.6 Å². The normalized spacial score (nSPS) is 20.9. The van der Waals surface area contributed by atoms with Gasteiger partial charge in [-0.1, -0.05) is 44.3 Å². The summed E-state index contributed by atoms with van der Waals surface area (Å²) in [5.41, 5.74) is 5.88. The predicted molar refractivity (Wildman–Crippen MR) is 127 cm³/mol. The van der Waals surface area contributed by atoms with Gasteiger partial charge in [0.25, 0.3) is 0 Å². The van der Waals surface area contributed by atoms with Gasteiger partial charge in [-0.2, -0.15) is 0 Å². The fourth-order valence-corrected chi connectivity index (χ4v) is 4.90. The minimum absolute atomic E-state index is 0.679. The summed E-state index contributed by atoms with van der Waals surface area (Å²) in [6.07, 6.45) is 2.50. The molecule has 0 saturated heterocycles. The highest BCUT2D eigenvalue weighted by Gasteiger charge is 2.47. The molecule has 1 fully saturated rings. The van der Waals surface area contributed by atoms with Crippen molar-refractivity contribution < 1.29 is 4.74 Å². The second-order valence-electron chi connectivity index (χ2n) is 8.83. The Hall–Kier alpha value is -3.40. The van der Waals surface area contributed by atoms with Crippen LogP contribution in [0.15, 0.2) is 79.6 Å². The molecule has 1 aromatic heterocycles. The maximum atomic E-state index is 5.92. The molecule has 0 radical (unpaired) electrons. The monoisotopic (exact) mass is 411 g/mol. The van der Waals surface area contributed by atoms with Crippen molar-refractivity contribution in [1.82, 2.24) is 9.88 Å². The first-order valence-corrected chi connectivity index (χ1v) is 10.9. The molecule has 3 atom stereocenters. The lowest BCUT2D eigenvalue weighted by atomic mass is 9.89. The number of hydrogen-bond acceptors (Lipinski definition) is 3. The average molecular weight is 412 g/mol. The van der Waals surface area contributed by atoms with Gasteiger partial charge in [-0.15, -0.1) is 0 Å². The summed E-state index contributed by atoms with van der Waals surface area (Å²) in [5.74, 6) is 4.67. The number of rotatable bonds is 7. The molecule has 4 nitrogen and oxygen atoms in total. The van der Waals surface area contributed by atoms with E-state index in [0.717, 1.165) is 52.8 Å². The first-order valence-electron chi connectivity index (χ1n) is 10.9. The van der Waals surface area contributed by atoms with Crippen LogP contribution >= 0.6 is 0 Å². The molecule has 2 aliphatic rings. The Morgan fingerprint density at radius 3 is 2.61 bits per heavy atom. The Bertz CT molecular complexity index is 1140. The first-order chi connectivity index (χ1) is 15.0. The highest BCUT2D eigenvalue weighted by Crippen LogP contribution is 2.57. The summed E-state index contributed by atoms with van der Waals surface area (Å²) < 4.78 is 8.23. The predicted octanol–water partition coefficient (Wildman–Crippen LogP) is 6.26. The largest absolute Gasteiger partial charge is 0.457 e. The number of nitrogens with one attached hydrogen (secondary N) is 2. The lowest BCUT2D eigenvalue weighted by Gasteiger charge is -2.20. The third-order valence-electron chi connectivity index (χ3n) is 6.60. The zero-order valence-electron chi connectivity index (χ0n) is 18.2. The number of nitrogens with zero attached hydrogens (tertiary/aromatic N) is 1. The topological polar surface area (TPSA) is 38.2 Å². The molecule has 1 heterocycles. The maximum Gasteiger partial charge on any atom is 0.129 e. The number of fused-ring (bicyclic) bond motifs is 3. The molecule has 0 bridgehead atoms. The second-order valence-corrected chi connectivity index (χ2v) is 8.83. The Balaban J connectivity index is 1.25. The molecule has 158 valence electrons. The van der Waals surface area contributed by atoms with Crippen LogP contribution in [0.5, 0.6) is 11.5 Å². The molecule has 3 aromatic rings. The molecular weight excluding hydrogens is 382 g/mol. The molecule has 5 rings (SSSR count). The molecule has 4 heteroatoms. The van der Waals surface area contributed by atoms with Crippen LogP contribution in [-0.4, -0.2) is 4.57 Å². The molecule has 2 aliphatic carbocycles. The fraction of sp³-hybridized carbons (Fsp3) is 0.259. The summed E-state index contributed by atoms with van der Waals surface area (Å²) in [7, 11) is 2.15. The third-order valence-corrected chi connectivity index (χ3v) is 6.60. The van der Waals surface area contributed by atoms with Gasteiger partial charge in [0.15, 0.2) is 0 Å². The van der Waals surface area contributed by atoms with E-state index < -0.39 is 0 Å². The highest BCUT2D eigenvalue weighted by atomic mass is 16.5. The van der Waals surface area contributed by atoms with Gasteiger partial charge < -0.3 is 19.9 Å². The maximum absolute atomic E-state index is 5.92. The van der Waals surface area contributed by atoms with E-state index in [0.29, 0.717) is 5.82 Å². The smallest absolute Gasteiger partial charge is 0.129 e. The quantitative estimate of drug-likeness (QED) is 0.482. The van der Waals surface area contributed by atoms with Crippen LogP contribution < -0.4 is 15.4 Å². The van der Waals surface area contributed by atoms with Crippen molar-refractivity contribution in [2.45, 2.75) is 25.7 Å². The van der Waals surface area contributed by atoms with Crippen LogP contribution in [0.25, 0.3) is 5.70 Å². The van der Waals surface area contributed by atoms with Crippen LogP contribution in [0.2, 0.25) is 0 Å². The summed E-state index contributed by atoms with van der Waals surface area (Å²) in [6, 6.07) is 19.9. The Kier molecular flexibility index (Phi) is 4.85. The molecule has 0 spiro atoms. The van der Waals surface area contributed by atoms with E-state index in [9.17, 15) is 0 Å². The lowest BCUT2D eigenvalue weighted by molar-refractivity contribution is 0.461. The number of para-hydroxylation sites is 1. The van der Waals surface area contributed by atoms with E-state index in [2.05, 4.69) is 48.4 Å². The van der Waals surface area contributed by atoms with Gasteiger partial charge in [0.05, 0.1) is 11.4 Å². The van der Waals surface area contributed by atoms with E-state index >= 15 is 0 Å². The Labute approximate surface area is 184 Å². The molecule has 1 saturated carbocycles. The fourth-order valence-electron chi connectivity index (χ4n) is 4.90. The van der Waals surface area contributed by atoms with Crippen LogP contribution in [0, 0.1) is 11.8 Å². The Morgan fingerprint density at radius 2 is 1.81 bits per heavy atom. The van der Waals surface area contributed by atoms with Crippen molar-refractivity contribution in [2.75, 3.05) is 5.32 Å². The summed E-state index contributed by atoms with van der Waals surface area (Å²) >= 11 is 0. The highest BCUT2D eigenvalue weighted by molar-refractivity contribution is 5.65. The van der Waals surface area contributed by atoms with Gasteiger partial charge >= 0.3 is 0 Å². The molecule has 0 amide bonds. The summed E-state index contributed by atoms with van der Waals surface area (Å²) in [6.45, 7) is 10.8. The molecule has 2 N–H and O–H groups in total. The summed E-state index contributed by atoms with van der Waals surface area (Å²) in [5, 5.41) is 6.66. The van der Waals surface area contributed by atoms with E-state index in [4.69, 9.17) is 4.74 Å². The van der Waals surface area contributed by atoms with Crippen LogP contribution in [0.3, 0.4) is 0 Å². The van der Waals surface area contributed by atoms with Gasteiger partial charge in [0.2, 0.25) is 0 Å². The van der Waals surface area contributed by atoms with Crippen LogP contribution in [0.4, 0.5) is 5.69 Å². The van der Waals surface area contributed by atoms with Gasteiger partial charge in [-0.3, -0.25) is 0 Å². The molecule has 2 aromatic carbocycles. The van der Waals surface area contributed by atoms with Gasteiger partial charge in [-0.05, 0) is 66.5 Å². The standard InChI is InChI=1S/C27H29N3O/c1-17-13-27-25(24-15-23(17)24)16-26(30(27)4)18(2)28-19(3)29-20-9-8-12-22(14-20)31-21-10-6-5-7-11-21/h5-12,14,16-17,23-24,28-29H,2-3,13,15H2,1,4H3. The van der Waals surface area contributed by atoms with Gasteiger partial charge in [0, 0.05) is 24.5 Å². The van der Waals surface area contributed by atoms with Gasteiger partial charge in [-0.25, -0.2) is 0 Å². The first kappa shape index (κ1) is 19.6. The summed E-state index contributed by atoms with van der Waals surface area (Å²) in [4.78, 5) is 0. The van der Waals surface area contributed by atoms with Crippen molar-refractivity contribution in [3.63, 3.8) is 0 Å². The third kappa shape index (κ3) is 3.86. The van der Waals surface area contributed by atoms with E-state index in [-0.39, 0.29) is 0 Å². The minimum atomic E-state index is 0.679. The number of ether oxygens (including phenoxy) is 1. The number of benzene rings is 2. The molecule has 0 aliphatic heterocycles. The zero-order chi connectivity index (χ0) is 21.5. The average Bonchev–Trinajstić information content (AvgIpc) is 3.49. The lowest BCUT2D eigenvalue weighted by Crippen LogP contribution is -2.19. The number of aromatic nitrogens is 1. The van der Waals surface area contributed by atoms with Crippen molar-refractivity contribution in [3.05, 3.63) is 96.6 Å². The minimum Gasteiger partial charge on any atom is -0.457 e. The van der Waals surface area contributed by atoms with Crippen LogP contribution in [0.1, 0.15) is 36.2 Å². The Morgan fingerprint density at radius 1 is 1.03 bits per heavy atom. The zero-order valence-corrected chi connectivity index (χ0v) is 18.2. The molecular formula is C27H29N3O. The number of hydrogen-bond donors (Lipinski definition) is 2. The van der Waals surface area contributed by atoms with Crippen molar-refractivity contribution in [3.8, 4) is 11.5 Å². The van der Waals surface area contributed by atoms with Crippen molar-refractivity contribution in [1.29, 1.82) is 0 Å².